The minimum atomic E-state index is 0.715. The lowest BCUT2D eigenvalue weighted by Crippen LogP contribution is -2.06. The van der Waals surface area contributed by atoms with E-state index in [-0.39, 0.29) is 0 Å². The lowest BCUT2D eigenvalue weighted by atomic mass is 10.2. The second-order valence-corrected chi connectivity index (χ2v) is 5.27. The van der Waals surface area contributed by atoms with Gasteiger partial charge in [0.05, 0.1) is 5.69 Å². The molecule has 0 atom stereocenters. The number of benzene rings is 1. The first-order valence-electron chi connectivity index (χ1n) is 6.66. The molecule has 20 heavy (non-hydrogen) atoms. The SMILES string of the molecule is COCCCn1cc(C)nc1Nc1cc(Cl)ccc1C. The Morgan fingerprint density at radius 1 is 1.35 bits per heavy atom. The monoisotopic (exact) mass is 293 g/mol. The van der Waals surface area contributed by atoms with Crippen LogP contribution >= 0.6 is 11.6 Å². The summed E-state index contributed by atoms with van der Waals surface area (Å²) < 4.78 is 7.20. The summed E-state index contributed by atoms with van der Waals surface area (Å²) in [5, 5.41) is 4.07. The number of imidazole rings is 1. The molecular formula is C15H20ClN3O. The quantitative estimate of drug-likeness (QED) is 0.820. The number of methoxy groups -OCH3 is 1. The Kier molecular flexibility index (Phi) is 5.04. The second kappa shape index (κ2) is 6.77. The number of halogens is 1. The summed E-state index contributed by atoms with van der Waals surface area (Å²) in [7, 11) is 1.72. The van der Waals surface area contributed by atoms with Crippen molar-refractivity contribution in [3.05, 3.63) is 40.7 Å². The number of anilines is 2. The zero-order valence-corrected chi connectivity index (χ0v) is 12.9. The first-order chi connectivity index (χ1) is 9.60. The lowest BCUT2D eigenvalue weighted by molar-refractivity contribution is 0.190. The Morgan fingerprint density at radius 2 is 2.15 bits per heavy atom. The molecule has 5 heteroatoms. The fourth-order valence-corrected chi connectivity index (χ4v) is 2.22. The van der Waals surface area contributed by atoms with Crippen LogP contribution in [0.5, 0.6) is 0 Å². The fourth-order valence-electron chi connectivity index (χ4n) is 2.05. The molecule has 0 radical (unpaired) electrons. The molecule has 1 aromatic heterocycles. The van der Waals surface area contributed by atoms with E-state index in [9.17, 15) is 0 Å². The molecule has 1 heterocycles. The number of hydrogen-bond donors (Lipinski definition) is 1. The molecule has 0 aliphatic rings. The third kappa shape index (κ3) is 3.74. The van der Waals surface area contributed by atoms with Crippen molar-refractivity contribution in [3.8, 4) is 0 Å². The van der Waals surface area contributed by atoms with E-state index in [2.05, 4.69) is 14.9 Å². The van der Waals surface area contributed by atoms with Crippen LogP contribution in [0.2, 0.25) is 5.02 Å². The van der Waals surface area contributed by atoms with Crippen LogP contribution in [-0.4, -0.2) is 23.3 Å². The highest BCUT2D eigenvalue weighted by molar-refractivity contribution is 6.30. The molecule has 0 unspecified atom stereocenters. The number of nitrogens with one attached hydrogen (secondary N) is 1. The highest BCUT2D eigenvalue weighted by atomic mass is 35.5. The molecule has 4 nitrogen and oxygen atoms in total. The van der Waals surface area contributed by atoms with Gasteiger partial charge in [-0.05, 0) is 38.0 Å². The molecule has 0 bridgehead atoms. The molecule has 0 aliphatic heterocycles. The predicted molar refractivity (Wildman–Crippen MR) is 82.9 cm³/mol. The van der Waals surface area contributed by atoms with E-state index < -0.39 is 0 Å². The lowest BCUT2D eigenvalue weighted by Gasteiger charge is -2.11. The van der Waals surface area contributed by atoms with Gasteiger partial charge in [-0.15, -0.1) is 0 Å². The van der Waals surface area contributed by atoms with Crippen LogP contribution in [0.4, 0.5) is 11.6 Å². The number of hydrogen-bond acceptors (Lipinski definition) is 3. The maximum absolute atomic E-state index is 6.05. The molecule has 0 saturated heterocycles. The van der Waals surface area contributed by atoms with Crippen LogP contribution in [0, 0.1) is 13.8 Å². The van der Waals surface area contributed by atoms with Crippen LogP contribution in [0.1, 0.15) is 17.7 Å². The third-order valence-corrected chi connectivity index (χ3v) is 3.33. The van der Waals surface area contributed by atoms with E-state index in [0.29, 0.717) is 5.02 Å². The van der Waals surface area contributed by atoms with Gasteiger partial charge < -0.3 is 14.6 Å². The Bertz CT molecular complexity index is 580. The number of nitrogens with zero attached hydrogens (tertiary/aromatic N) is 2. The maximum atomic E-state index is 6.05. The molecule has 0 spiro atoms. The van der Waals surface area contributed by atoms with Gasteiger partial charge in [-0.3, -0.25) is 0 Å². The minimum Gasteiger partial charge on any atom is -0.385 e. The fraction of sp³-hybridized carbons (Fsp3) is 0.400. The molecule has 108 valence electrons. The molecule has 0 saturated carbocycles. The summed E-state index contributed by atoms with van der Waals surface area (Å²) >= 11 is 6.05. The van der Waals surface area contributed by atoms with Crippen molar-refractivity contribution >= 4 is 23.2 Å². The first-order valence-corrected chi connectivity index (χ1v) is 7.04. The summed E-state index contributed by atoms with van der Waals surface area (Å²) in [6.45, 7) is 5.65. The molecule has 2 rings (SSSR count). The van der Waals surface area contributed by atoms with Crippen molar-refractivity contribution in [2.24, 2.45) is 0 Å². The van der Waals surface area contributed by atoms with Crippen molar-refractivity contribution < 1.29 is 4.74 Å². The summed E-state index contributed by atoms with van der Waals surface area (Å²) in [4.78, 5) is 4.52. The molecule has 0 fully saturated rings. The zero-order valence-electron chi connectivity index (χ0n) is 12.1. The van der Waals surface area contributed by atoms with E-state index in [0.717, 1.165) is 42.5 Å². The maximum Gasteiger partial charge on any atom is 0.207 e. The first kappa shape index (κ1) is 14.9. The number of rotatable bonds is 6. The highest BCUT2D eigenvalue weighted by Gasteiger charge is 2.07. The average molecular weight is 294 g/mol. The van der Waals surface area contributed by atoms with Crippen molar-refractivity contribution in [3.63, 3.8) is 0 Å². The smallest absolute Gasteiger partial charge is 0.207 e. The molecular weight excluding hydrogens is 274 g/mol. The normalized spacial score (nSPS) is 10.8. The Labute approximate surface area is 124 Å². The van der Waals surface area contributed by atoms with Crippen molar-refractivity contribution in [2.45, 2.75) is 26.8 Å². The van der Waals surface area contributed by atoms with Crippen molar-refractivity contribution in [1.82, 2.24) is 9.55 Å². The standard InChI is InChI=1S/C15H20ClN3O/c1-11-5-6-13(16)9-14(11)18-15-17-12(2)10-19(15)7-4-8-20-3/h5-6,9-10H,4,7-8H2,1-3H3,(H,17,18). The molecule has 2 aromatic rings. The second-order valence-electron chi connectivity index (χ2n) is 4.83. The number of aryl methyl sites for hydroxylation is 3. The van der Waals surface area contributed by atoms with Crippen LogP contribution in [0.3, 0.4) is 0 Å². The van der Waals surface area contributed by atoms with Gasteiger partial charge in [-0.1, -0.05) is 17.7 Å². The number of ether oxygens (including phenoxy) is 1. The molecule has 1 N–H and O–H groups in total. The molecule has 0 aliphatic carbocycles. The Hall–Kier alpha value is -1.52. The Balaban J connectivity index is 2.17. The predicted octanol–water partition coefficient (Wildman–Crippen LogP) is 3.93. The molecule has 0 amide bonds. The van der Waals surface area contributed by atoms with Gasteiger partial charge in [0.25, 0.3) is 0 Å². The van der Waals surface area contributed by atoms with E-state index in [4.69, 9.17) is 16.3 Å². The van der Waals surface area contributed by atoms with Gasteiger partial charge in [0.2, 0.25) is 5.95 Å². The van der Waals surface area contributed by atoms with E-state index >= 15 is 0 Å². The van der Waals surface area contributed by atoms with Crippen LogP contribution in [-0.2, 0) is 11.3 Å². The van der Waals surface area contributed by atoms with Gasteiger partial charge >= 0.3 is 0 Å². The van der Waals surface area contributed by atoms with Crippen molar-refractivity contribution in [1.29, 1.82) is 0 Å². The van der Waals surface area contributed by atoms with E-state index in [1.807, 2.05) is 38.2 Å². The van der Waals surface area contributed by atoms with Gasteiger partial charge in [-0.2, -0.15) is 0 Å². The van der Waals surface area contributed by atoms with Gasteiger partial charge in [0.1, 0.15) is 0 Å². The minimum absolute atomic E-state index is 0.715. The topological polar surface area (TPSA) is 39.1 Å². The third-order valence-electron chi connectivity index (χ3n) is 3.09. The van der Waals surface area contributed by atoms with E-state index in [1.54, 1.807) is 7.11 Å². The van der Waals surface area contributed by atoms with Gasteiger partial charge in [0.15, 0.2) is 0 Å². The summed E-state index contributed by atoms with van der Waals surface area (Å²) in [5.74, 6) is 0.837. The van der Waals surface area contributed by atoms with Gasteiger partial charge in [-0.25, -0.2) is 4.98 Å². The average Bonchev–Trinajstić information content (AvgIpc) is 2.74. The van der Waals surface area contributed by atoms with Crippen LogP contribution in [0.15, 0.2) is 24.4 Å². The zero-order chi connectivity index (χ0) is 14.5. The summed E-state index contributed by atoms with van der Waals surface area (Å²) in [6, 6.07) is 5.80. The summed E-state index contributed by atoms with van der Waals surface area (Å²) in [5.41, 5.74) is 3.11. The van der Waals surface area contributed by atoms with Crippen LogP contribution < -0.4 is 5.32 Å². The number of aromatic nitrogens is 2. The van der Waals surface area contributed by atoms with Crippen LogP contribution in [0.25, 0.3) is 0 Å². The molecule has 1 aromatic carbocycles. The van der Waals surface area contributed by atoms with Gasteiger partial charge in [0, 0.05) is 37.2 Å². The highest BCUT2D eigenvalue weighted by Crippen LogP contribution is 2.24. The summed E-state index contributed by atoms with van der Waals surface area (Å²) in [6.07, 6.45) is 2.99. The Morgan fingerprint density at radius 3 is 2.90 bits per heavy atom. The van der Waals surface area contributed by atoms with Crippen molar-refractivity contribution in [2.75, 3.05) is 19.0 Å². The largest absolute Gasteiger partial charge is 0.385 e. The van der Waals surface area contributed by atoms with E-state index in [1.165, 1.54) is 0 Å².